The third kappa shape index (κ3) is 1.93. The Labute approximate surface area is 66.0 Å². The molecule has 0 unspecified atom stereocenters. The average Bonchev–Trinajstić information content (AvgIpc) is 1.59. The van der Waals surface area contributed by atoms with Gasteiger partial charge in [-0.15, -0.1) is 0 Å². The van der Waals surface area contributed by atoms with Crippen LogP contribution >= 0.6 is 34.8 Å². The summed E-state index contributed by atoms with van der Waals surface area (Å²) in [5.74, 6) is 0. The molecule has 0 spiro atoms. The number of halogens is 3. The molecule has 0 aromatic carbocycles. The van der Waals surface area contributed by atoms with E-state index in [1.54, 1.807) is 0 Å². The van der Waals surface area contributed by atoms with E-state index >= 15 is 0 Å². The first-order valence-electron chi connectivity index (χ1n) is 1.91. The van der Waals surface area contributed by atoms with Crippen molar-refractivity contribution in [2.24, 2.45) is 0 Å². The fourth-order valence-electron chi connectivity index (χ4n) is 0.303. The summed E-state index contributed by atoms with van der Waals surface area (Å²) >= 11 is 16.0. The van der Waals surface area contributed by atoms with Crippen LogP contribution in [0.5, 0.6) is 0 Å². The molecule has 0 saturated heterocycles. The summed E-state index contributed by atoms with van der Waals surface area (Å²) in [4.78, 5) is 10.4. The van der Waals surface area contributed by atoms with Crippen molar-refractivity contribution in [3.05, 3.63) is 15.9 Å². The van der Waals surface area contributed by atoms with E-state index in [0.29, 0.717) is 0 Å². The zero-order chi connectivity index (χ0) is 6.85. The Morgan fingerprint density at radius 1 is 0.667 bits per heavy atom. The van der Waals surface area contributed by atoms with Gasteiger partial charge >= 0.3 is 0 Å². The number of nitrogens with zero attached hydrogens (tertiary/aromatic N) is 3. The normalized spacial score (nSPS) is 9.67. The van der Waals surface area contributed by atoms with E-state index < -0.39 is 0 Å². The van der Waals surface area contributed by atoms with Crippen LogP contribution in [0.1, 0.15) is 0 Å². The lowest BCUT2D eigenvalue weighted by Gasteiger charge is -1.88. The largest absolute Gasteiger partial charge is 0.227 e. The smallest absolute Gasteiger partial charge is 0.187 e. The third-order valence-corrected chi connectivity index (χ3v) is 1.06. The first kappa shape index (κ1) is 6.99. The summed E-state index contributed by atoms with van der Waals surface area (Å²) in [6.45, 7) is 0. The van der Waals surface area contributed by atoms with Gasteiger partial charge in [0, 0.05) is 0 Å². The average molecular weight is 187 g/mol. The molecular weight excluding hydrogens is 187 g/mol. The Morgan fingerprint density at radius 2 is 0.889 bits per heavy atom. The highest BCUT2D eigenvalue weighted by Gasteiger charge is 1.97. The lowest BCUT2D eigenvalue weighted by molar-refractivity contribution is 1.05. The second-order valence-corrected chi connectivity index (χ2v) is 2.16. The maximum absolute atomic E-state index is 5.32. The molecule has 0 aliphatic heterocycles. The van der Waals surface area contributed by atoms with Gasteiger partial charge < -0.3 is 0 Å². The molecule has 0 atom stereocenters. The van der Waals surface area contributed by atoms with Crippen LogP contribution in [0.4, 0.5) is 0 Å². The van der Waals surface area contributed by atoms with Gasteiger partial charge in [0.2, 0.25) is 15.9 Å². The number of rotatable bonds is 0. The van der Waals surface area contributed by atoms with Crippen LogP contribution in [0.3, 0.4) is 0 Å². The maximum atomic E-state index is 5.32. The fraction of sp³-hybridized carbons (Fsp3) is 0. The van der Waals surface area contributed by atoms with Crippen LogP contribution in [0, 0.1) is 0 Å². The van der Waals surface area contributed by atoms with Crippen molar-refractivity contribution in [2.45, 2.75) is 0 Å². The van der Waals surface area contributed by atoms with Crippen LogP contribution < -0.4 is 0 Å². The Kier molecular flexibility index (Phi) is 2.05. The lowest BCUT2D eigenvalue weighted by atomic mass is 11.8. The highest BCUT2D eigenvalue weighted by molar-refractivity contribution is 6.33. The summed E-state index contributed by atoms with van der Waals surface area (Å²) < 4.78 is 0. The molecule has 0 aliphatic rings. The van der Waals surface area contributed by atoms with Gasteiger partial charge in [-0.1, -0.05) is 0 Å². The van der Waals surface area contributed by atoms with Crippen LogP contribution in [0.2, 0.25) is 15.9 Å². The second kappa shape index (κ2) is 2.64. The molecule has 3 nitrogen and oxygen atoms in total. The summed E-state index contributed by atoms with van der Waals surface area (Å²) in [5.41, 5.74) is 0. The molecular formula is C3Cl3N3. The number of aromatic nitrogens is 3. The second-order valence-electron chi connectivity index (χ2n) is 1.14. The fourth-order valence-corrected chi connectivity index (χ4v) is 0.913. The third-order valence-electron chi connectivity index (χ3n) is 0.554. The molecule has 48 valence electrons. The Morgan fingerprint density at radius 3 is 1.11 bits per heavy atom. The molecule has 1 heterocycles. The zero-order valence-corrected chi connectivity index (χ0v) is 6.24. The monoisotopic (exact) mass is 186 g/mol. The topological polar surface area (TPSA) is 38.7 Å². The standard InChI is InChI=1S/C3Cl3N3/c4-1-7-2(5)9-3(6)8-1/i1+1,2+1,3+1. The van der Waals surface area contributed by atoms with Crippen molar-refractivity contribution in [3.63, 3.8) is 0 Å². The first-order valence-corrected chi connectivity index (χ1v) is 3.04. The number of hydrogen-bond donors (Lipinski definition) is 0. The van der Waals surface area contributed by atoms with E-state index in [1.165, 1.54) is 0 Å². The Hall–Kier alpha value is -0.120. The summed E-state index contributed by atoms with van der Waals surface area (Å²) in [5, 5.41) is 0.00000000000000178. The van der Waals surface area contributed by atoms with Crippen LogP contribution in [-0.4, -0.2) is 15.0 Å². The maximum Gasteiger partial charge on any atom is 0.227 e. The van der Waals surface area contributed by atoms with Gasteiger partial charge in [0.1, 0.15) is 0 Å². The van der Waals surface area contributed by atoms with E-state index in [1.807, 2.05) is 0 Å². The van der Waals surface area contributed by atoms with Crippen molar-refractivity contribution in [1.82, 2.24) is 15.0 Å². The predicted octanol–water partition coefficient (Wildman–Crippen LogP) is 1.83. The minimum Gasteiger partial charge on any atom is -0.187 e. The summed E-state index contributed by atoms with van der Waals surface area (Å²) in [6, 6.07) is 0. The van der Waals surface area contributed by atoms with Gasteiger partial charge in [-0.2, -0.15) is 15.0 Å². The molecule has 1 rings (SSSR count). The number of hydrogen-bond acceptors (Lipinski definition) is 3. The van der Waals surface area contributed by atoms with Crippen molar-refractivity contribution < 1.29 is 0 Å². The van der Waals surface area contributed by atoms with Gasteiger partial charge in [0.05, 0.1) is 0 Å². The Bertz CT molecular complexity index is 175. The first-order chi connectivity index (χ1) is 4.18. The molecule has 1 aromatic heterocycles. The van der Waals surface area contributed by atoms with Crippen LogP contribution in [0.15, 0.2) is 0 Å². The summed E-state index contributed by atoms with van der Waals surface area (Å²) in [6.07, 6.45) is 0. The van der Waals surface area contributed by atoms with Gasteiger partial charge in [-0.3, -0.25) is 0 Å². The van der Waals surface area contributed by atoms with Gasteiger partial charge in [0.15, 0.2) is 0 Å². The molecule has 6 heteroatoms. The van der Waals surface area contributed by atoms with Crippen molar-refractivity contribution >= 4 is 34.8 Å². The minimum absolute atomic E-state index is 0.000000000000000444. The highest BCUT2D eigenvalue weighted by atomic mass is 35.5. The SMILES string of the molecule is Cl[13c]1n[13c](Cl)n[13c](Cl)n1. The predicted molar refractivity (Wildman–Crippen MR) is 34.9 cm³/mol. The van der Waals surface area contributed by atoms with E-state index in [2.05, 4.69) is 15.0 Å². The van der Waals surface area contributed by atoms with Crippen molar-refractivity contribution in [1.29, 1.82) is 0 Å². The van der Waals surface area contributed by atoms with E-state index in [4.69, 9.17) is 34.8 Å². The molecule has 0 radical (unpaired) electrons. The molecule has 0 N–H and O–H groups in total. The van der Waals surface area contributed by atoms with Gasteiger partial charge in [0.25, 0.3) is 0 Å². The Balaban J connectivity index is 3.17. The molecule has 1 aromatic rings. The van der Waals surface area contributed by atoms with Crippen molar-refractivity contribution in [3.8, 4) is 0 Å². The molecule has 9 heavy (non-hydrogen) atoms. The van der Waals surface area contributed by atoms with Gasteiger partial charge in [-0.25, -0.2) is 0 Å². The molecule has 0 fully saturated rings. The minimum atomic E-state index is 0.000000000000000444. The summed E-state index contributed by atoms with van der Waals surface area (Å²) in [7, 11) is 0. The lowest BCUT2D eigenvalue weighted by Crippen LogP contribution is -1.87. The quantitative estimate of drug-likeness (QED) is 0.622. The molecule has 0 bridgehead atoms. The zero-order valence-electron chi connectivity index (χ0n) is 3.98. The van der Waals surface area contributed by atoms with Crippen molar-refractivity contribution in [2.75, 3.05) is 0 Å². The van der Waals surface area contributed by atoms with E-state index in [-0.39, 0.29) is 15.9 Å². The van der Waals surface area contributed by atoms with E-state index in [9.17, 15) is 0 Å². The van der Waals surface area contributed by atoms with Gasteiger partial charge in [-0.05, 0) is 34.8 Å². The highest BCUT2D eigenvalue weighted by Crippen LogP contribution is 2.08. The van der Waals surface area contributed by atoms with Crippen LogP contribution in [0.25, 0.3) is 0 Å². The van der Waals surface area contributed by atoms with Crippen LogP contribution in [-0.2, 0) is 0 Å². The molecule has 0 aliphatic carbocycles. The molecule has 0 amide bonds. The molecule has 0 saturated carbocycles. The van der Waals surface area contributed by atoms with E-state index in [0.717, 1.165) is 0 Å².